The lowest BCUT2D eigenvalue weighted by Crippen LogP contribution is -2.34. The Bertz CT molecular complexity index is 937. The van der Waals surface area contributed by atoms with Crippen LogP contribution in [0.25, 0.3) is 22.2 Å². The molecule has 1 aromatic heterocycles. The SMILES string of the molecule is CCN(CC)CCNC(=O)c1cc(-c2ccccc2)nc2ccc(OC)cc12. The van der Waals surface area contributed by atoms with E-state index in [9.17, 15) is 4.79 Å². The van der Waals surface area contributed by atoms with Crippen LogP contribution in [0.3, 0.4) is 0 Å². The fraction of sp³-hybridized carbons (Fsp3) is 0.304. The van der Waals surface area contributed by atoms with Gasteiger partial charge in [0.1, 0.15) is 5.75 Å². The Morgan fingerprint density at radius 3 is 2.50 bits per heavy atom. The predicted octanol–water partition coefficient (Wildman–Crippen LogP) is 3.98. The van der Waals surface area contributed by atoms with Crippen LogP contribution in [0.2, 0.25) is 0 Å². The molecule has 5 heteroatoms. The zero-order chi connectivity index (χ0) is 19.9. The van der Waals surface area contributed by atoms with Gasteiger partial charge in [-0.25, -0.2) is 4.98 Å². The highest BCUT2D eigenvalue weighted by Gasteiger charge is 2.15. The second kappa shape index (κ2) is 9.33. The van der Waals surface area contributed by atoms with Crippen LogP contribution in [-0.2, 0) is 0 Å². The van der Waals surface area contributed by atoms with Crippen molar-refractivity contribution in [2.75, 3.05) is 33.3 Å². The van der Waals surface area contributed by atoms with Crippen molar-refractivity contribution in [2.24, 2.45) is 0 Å². The minimum absolute atomic E-state index is 0.0926. The Morgan fingerprint density at radius 2 is 1.82 bits per heavy atom. The molecule has 146 valence electrons. The van der Waals surface area contributed by atoms with Crippen molar-refractivity contribution < 1.29 is 9.53 Å². The number of carbonyl (C=O) groups is 1. The van der Waals surface area contributed by atoms with E-state index in [2.05, 4.69) is 24.1 Å². The van der Waals surface area contributed by atoms with Crippen LogP contribution in [0.4, 0.5) is 0 Å². The average Bonchev–Trinajstić information content (AvgIpc) is 2.76. The third kappa shape index (κ3) is 4.49. The third-order valence-electron chi connectivity index (χ3n) is 4.94. The Morgan fingerprint density at radius 1 is 1.07 bits per heavy atom. The molecule has 0 saturated heterocycles. The molecule has 1 N–H and O–H groups in total. The van der Waals surface area contributed by atoms with Crippen molar-refractivity contribution in [1.29, 1.82) is 0 Å². The van der Waals surface area contributed by atoms with E-state index in [0.29, 0.717) is 17.9 Å². The summed E-state index contributed by atoms with van der Waals surface area (Å²) in [5.41, 5.74) is 3.16. The fourth-order valence-electron chi connectivity index (χ4n) is 3.24. The standard InChI is InChI=1S/C23H27N3O2/c1-4-26(5-2)14-13-24-23(27)20-16-22(17-9-7-6-8-10-17)25-21-12-11-18(28-3)15-19(20)21/h6-12,15-16H,4-5,13-14H2,1-3H3,(H,24,27). The van der Waals surface area contributed by atoms with Crippen molar-refractivity contribution in [2.45, 2.75) is 13.8 Å². The maximum absolute atomic E-state index is 13.0. The van der Waals surface area contributed by atoms with Crippen molar-refractivity contribution in [3.8, 4) is 17.0 Å². The monoisotopic (exact) mass is 377 g/mol. The van der Waals surface area contributed by atoms with Crippen LogP contribution in [0.1, 0.15) is 24.2 Å². The molecule has 1 heterocycles. The fourth-order valence-corrected chi connectivity index (χ4v) is 3.24. The van der Waals surface area contributed by atoms with Crippen LogP contribution in [-0.4, -0.2) is 49.1 Å². The van der Waals surface area contributed by atoms with Crippen molar-refractivity contribution in [1.82, 2.24) is 15.2 Å². The number of nitrogens with one attached hydrogen (secondary N) is 1. The Labute approximate surface area is 166 Å². The molecule has 0 aliphatic rings. The Balaban J connectivity index is 1.96. The van der Waals surface area contributed by atoms with Crippen LogP contribution < -0.4 is 10.1 Å². The summed E-state index contributed by atoms with van der Waals surface area (Å²) in [6.45, 7) is 7.63. The number of rotatable bonds is 8. The summed E-state index contributed by atoms with van der Waals surface area (Å²) in [6, 6.07) is 17.4. The number of aromatic nitrogens is 1. The van der Waals surface area contributed by atoms with E-state index in [4.69, 9.17) is 9.72 Å². The number of likely N-dealkylation sites (N-methyl/N-ethyl adjacent to an activating group) is 1. The van der Waals surface area contributed by atoms with Gasteiger partial charge in [-0.3, -0.25) is 4.79 Å². The maximum Gasteiger partial charge on any atom is 0.252 e. The van der Waals surface area contributed by atoms with Gasteiger partial charge in [0.05, 0.1) is 23.9 Å². The number of hydrogen-bond acceptors (Lipinski definition) is 4. The minimum atomic E-state index is -0.0926. The highest BCUT2D eigenvalue weighted by Crippen LogP contribution is 2.27. The van der Waals surface area contributed by atoms with Gasteiger partial charge in [0, 0.05) is 24.0 Å². The molecule has 1 amide bonds. The van der Waals surface area contributed by atoms with Gasteiger partial charge in [-0.05, 0) is 37.4 Å². The van der Waals surface area contributed by atoms with Gasteiger partial charge >= 0.3 is 0 Å². The lowest BCUT2D eigenvalue weighted by molar-refractivity contribution is 0.0950. The first-order valence-electron chi connectivity index (χ1n) is 9.71. The summed E-state index contributed by atoms with van der Waals surface area (Å²) in [5, 5.41) is 3.85. The molecule has 0 saturated carbocycles. The molecule has 5 nitrogen and oxygen atoms in total. The molecule has 0 aliphatic heterocycles. The first-order chi connectivity index (χ1) is 13.7. The second-order valence-corrected chi connectivity index (χ2v) is 6.59. The van der Waals surface area contributed by atoms with Gasteiger partial charge in [0.15, 0.2) is 0 Å². The van der Waals surface area contributed by atoms with E-state index in [-0.39, 0.29) is 5.91 Å². The van der Waals surface area contributed by atoms with E-state index in [1.54, 1.807) is 7.11 Å². The van der Waals surface area contributed by atoms with Gasteiger partial charge in [-0.15, -0.1) is 0 Å². The molecule has 2 aromatic carbocycles. The number of fused-ring (bicyclic) bond motifs is 1. The lowest BCUT2D eigenvalue weighted by Gasteiger charge is -2.18. The summed E-state index contributed by atoms with van der Waals surface area (Å²) in [5.74, 6) is 0.615. The molecule has 0 atom stereocenters. The Kier molecular flexibility index (Phi) is 6.61. The minimum Gasteiger partial charge on any atom is -0.497 e. The molecule has 0 spiro atoms. The van der Waals surface area contributed by atoms with Crippen LogP contribution in [0.5, 0.6) is 5.75 Å². The highest BCUT2D eigenvalue weighted by molar-refractivity contribution is 6.07. The molecular formula is C23H27N3O2. The van der Waals surface area contributed by atoms with E-state index >= 15 is 0 Å². The maximum atomic E-state index is 13.0. The van der Waals surface area contributed by atoms with Gasteiger partial charge in [-0.1, -0.05) is 44.2 Å². The summed E-state index contributed by atoms with van der Waals surface area (Å²) in [6.07, 6.45) is 0. The predicted molar refractivity (Wildman–Crippen MR) is 114 cm³/mol. The van der Waals surface area contributed by atoms with Gasteiger partial charge in [-0.2, -0.15) is 0 Å². The van der Waals surface area contributed by atoms with Crippen molar-refractivity contribution in [3.05, 3.63) is 60.2 Å². The number of benzene rings is 2. The summed E-state index contributed by atoms with van der Waals surface area (Å²) < 4.78 is 5.35. The van der Waals surface area contributed by atoms with Crippen molar-refractivity contribution >= 4 is 16.8 Å². The van der Waals surface area contributed by atoms with Crippen LogP contribution in [0, 0.1) is 0 Å². The van der Waals surface area contributed by atoms with E-state index < -0.39 is 0 Å². The topological polar surface area (TPSA) is 54.5 Å². The van der Waals surface area contributed by atoms with Gasteiger partial charge < -0.3 is 15.0 Å². The van der Waals surface area contributed by atoms with E-state index in [1.165, 1.54) is 0 Å². The number of ether oxygens (including phenoxy) is 1. The smallest absolute Gasteiger partial charge is 0.252 e. The van der Waals surface area contributed by atoms with Crippen LogP contribution in [0.15, 0.2) is 54.6 Å². The second-order valence-electron chi connectivity index (χ2n) is 6.59. The molecule has 0 fully saturated rings. The molecule has 0 radical (unpaired) electrons. The van der Waals surface area contributed by atoms with E-state index in [0.717, 1.165) is 41.8 Å². The van der Waals surface area contributed by atoms with Crippen LogP contribution >= 0.6 is 0 Å². The summed E-state index contributed by atoms with van der Waals surface area (Å²) in [7, 11) is 1.62. The van der Waals surface area contributed by atoms with Crippen molar-refractivity contribution in [3.63, 3.8) is 0 Å². The average molecular weight is 377 g/mol. The number of nitrogens with zero attached hydrogens (tertiary/aromatic N) is 2. The first-order valence-corrected chi connectivity index (χ1v) is 9.71. The zero-order valence-electron chi connectivity index (χ0n) is 16.7. The quantitative estimate of drug-likeness (QED) is 0.645. The molecule has 0 aliphatic carbocycles. The molecule has 28 heavy (non-hydrogen) atoms. The third-order valence-corrected chi connectivity index (χ3v) is 4.94. The van der Waals surface area contributed by atoms with E-state index in [1.807, 2.05) is 54.6 Å². The normalized spacial score (nSPS) is 11.0. The molecule has 3 aromatic rings. The number of hydrogen-bond donors (Lipinski definition) is 1. The number of amides is 1. The molecule has 3 rings (SSSR count). The zero-order valence-corrected chi connectivity index (χ0v) is 16.7. The van der Waals surface area contributed by atoms with Gasteiger partial charge in [0.2, 0.25) is 0 Å². The molecular weight excluding hydrogens is 350 g/mol. The van der Waals surface area contributed by atoms with Gasteiger partial charge in [0.25, 0.3) is 5.91 Å². The number of pyridine rings is 1. The lowest BCUT2D eigenvalue weighted by atomic mass is 10.0. The number of methoxy groups -OCH3 is 1. The summed E-state index contributed by atoms with van der Waals surface area (Å²) in [4.78, 5) is 20.0. The largest absolute Gasteiger partial charge is 0.497 e. The Hall–Kier alpha value is -2.92. The first kappa shape index (κ1) is 19.8. The highest BCUT2D eigenvalue weighted by atomic mass is 16.5. The molecule has 0 unspecified atom stereocenters. The number of carbonyl (C=O) groups excluding carboxylic acids is 1. The molecule has 0 bridgehead atoms. The summed E-state index contributed by atoms with van der Waals surface area (Å²) >= 11 is 0.